The minimum Gasteiger partial charge on any atom is -0.383 e. The van der Waals surface area contributed by atoms with Gasteiger partial charge in [-0.3, -0.25) is 14.7 Å². The summed E-state index contributed by atoms with van der Waals surface area (Å²) in [7, 11) is 0. The zero-order valence-corrected chi connectivity index (χ0v) is 14.1. The van der Waals surface area contributed by atoms with Crippen molar-refractivity contribution in [2.45, 2.75) is 12.8 Å². The average molecular weight is 356 g/mol. The van der Waals surface area contributed by atoms with Crippen molar-refractivity contribution in [2.75, 3.05) is 11.9 Å². The summed E-state index contributed by atoms with van der Waals surface area (Å²) in [5, 5.41) is 24.0. The topological polar surface area (TPSA) is 85.9 Å². The minimum absolute atomic E-state index is 0.00178. The summed E-state index contributed by atoms with van der Waals surface area (Å²) in [6, 6.07) is 12.0. The summed E-state index contributed by atoms with van der Waals surface area (Å²) < 4.78 is 1.87. The number of hydrogen-bond donors (Lipinski definition) is 1. The normalized spacial score (nSPS) is 15.7. The molecule has 2 aromatic carbocycles. The van der Waals surface area contributed by atoms with Crippen LogP contribution in [-0.2, 0) is 0 Å². The average Bonchev–Trinajstić information content (AvgIpc) is 2.99. The van der Waals surface area contributed by atoms with Gasteiger partial charge < -0.3 is 5.32 Å². The van der Waals surface area contributed by atoms with Crippen LogP contribution in [0.15, 0.2) is 42.5 Å². The molecule has 25 heavy (non-hydrogen) atoms. The lowest BCUT2D eigenvalue weighted by Gasteiger charge is -2.12. The van der Waals surface area contributed by atoms with Crippen LogP contribution in [0.5, 0.6) is 0 Å². The van der Waals surface area contributed by atoms with Crippen molar-refractivity contribution < 1.29 is 4.92 Å². The monoisotopic (exact) mass is 355 g/mol. The fourth-order valence-electron chi connectivity index (χ4n) is 3.05. The summed E-state index contributed by atoms with van der Waals surface area (Å²) in [5.74, 6) is 1.28. The van der Waals surface area contributed by atoms with E-state index in [4.69, 9.17) is 11.6 Å². The number of hydrogen-bond acceptors (Lipinski definition) is 5. The zero-order chi connectivity index (χ0) is 17.6. The van der Waals surface area contributed by atoms with Crippen molar-refractivity contribution in [1.29, 1.82) is 0 Å². The SMILES string of the molecule is C[C@H]1CNc2cc(Cl)ccc2-n2c(-c3ccccc3[N+](=O)[O-])nnc21. The van der Waals surface area contributed by atoms with Gasteiger partial charge in [-0.1, -0.05) is 30.7 Å². The van der Waals surface area contributed by atoms with Crippen LogP contribution < -0.4 is 5.32 Å². The molecule has 0 aliphatic carbocycles. The zero-order valence-electron chi connectivity index (χ0n) is 13.3. The number of benzene rings is 2. The number of fused-ring (bicyclic) bond motifs is 3. The number of para-hydroxylation sites is 1. The summed E-state index contributed by atoms with van der Waals surface area (Å²) >= 11 is 6.12. The maximum atomic E-state index is 11.4. The van der Waals surface area contributed by atoms with Gasteiger partial charge >= 0.3 is 0 Å². The first kappa shape index (κ1) is 15.6. The largest absolute Gasteiger partial charge is 0.383 e. The Bertz CT molecular complexity index is 985. The van der Waals surface area contributed by atoms with E-state index in [9.17, 15) is 10.1 Å². The van der Waals surface area contributed by atoms with E-state index in [2.05, 4.69) is 15.5 Å². The number of rotatable bonds is 2. The molecule has 0 fully saturated rings. The molecule has 0 radical (unpaired) electrons. The molecule has 1 atom stereocenters. The van der Waals surface area contributed by atoms with Crippen LogP contribution in [0.1, 0.15) is 18.7 Å². The molecule has 1 aromatic heterocycles. The molecular weight excluding hydrogens is 342 g/mol. The van der Waals surface area contributed by atoms with Gasteiger partial charge in [-0.25, -0.2) is 0 Å². The van der Waals surface area contributed by atoms with E-state index in [-0.39, 0.29) is 11.6 Å². The van der Waals surface area contributed by atoms with E-state index in [0.717, 1.165) is 17.2 Å². The molecule has 1 aliphatic rings. The lowest BCUT2D eigenvalue weighted by atomic mass is 10.1. The van der Waals surface area contributed by atoms with Crippen LogP contribution in [0.3, 0.4) is 0 Å². The first-order valence-electron chi connectivity index (χ1n) is 7.79. The predicted molar refractivity (Wildman–Crippen MR) is 95.4 cm³/mol. The third kappa shape index (κ3) is 2.53. The Labute approximate surface area is 148 Å². The summed E-state index contributed by atoms with van der Waals surface area (Å²) in [6.45, 7) is 2.70. The van der Waals surface area contributed by atoms with Gasteiger partial charge in [-0.05, 0) is 24.3 Å². The highest BCUT2D eigenvalue weighted by Crippen LogP contribution is 2.37. The third-order valence-corrected chi connectivity index (χ3v) is 4.50. The number of anilines is 1. The molecule has 8 heteroatoms. The fraction of sp³-hybridized carbons (Fsp3) is 0.176. The second-order valence-corrected chi connectivity index (χ2v) is 6.37. The van der Waals surface area contributed by atoms with Crippen molar-refractivity contribution in [2.24, 2.45) is 0 Å². The lowest BCUT2D eigenvalue weighted by Crippen LogP contribution is -2.09. The highest BCUT2D eigenvalue weighted by molar-refractivity contribution is 6.31. The van der Waals surface area contributed by atoms with Gasteiger partial charge in [0.25, 0.3) is 5.69 Å². The Hall–Kier alpha value is -2.93. The Morgan fingerprint density at radius 3 is 2.88 bits per heavy atom. The summed E-state index contributed by atoms with van der Waals surface area (Å²) in [4.78, 5) is 11.0. The first-order chi connectivity index (χ1) is 12.1. The minimum atomic E-state index is -0.405. The Morgan fingerprint density at radius 2 is 2.08 bits per heavy atom. The lowest BCUT2D eigenvalue weighted by molar-refractivity contribution is -0.384. The fourth-order valence-corrected chi connectivity index (χ4v) is 3.22. The Kier molecular flexibility index (Phi) is 3.65. The van der Waals surface area contributed by atoms with E-state index in [1.807, 2.05) is 23.6 Å². The van der Waals surface area contributed by atoms with Gasteiger partial charge in [0.1, 0.15) is 5.82 Å². The number of nitrogens with one attached hydrogen (secondary N) is 1. The molecular formula is C17H14ClN5O2. The van der Waals surface area contributed by atoms with E-state index < -0.39 is 4.92 Å². The molecule has 7 nitrogen and oxygen atoms in total. The van der Waals surface area contributed by atoms with Gasteiger partial charge in [0.05, 0.1) is 21.9 Å². The van der Waals surface area contributed by atoms with Crippen molar-refractivity contribution in [3.63, 3.8) is 0 Å². The highest BCUT2D eigenvalue weighted by Gasteiger charge is 2.28. The molecule has 0 amide bonds. The van der Waals surface area contributed by atoms with Crippen LogP contribution in [-0.4, -0.2) is 26.2 Å². The van der Waals surface area contributed by atoms with Crippen LogP contribution in [0, 0.1) is 10.1 Å². The molecule has 0 unspecified atom stereocenters. The predicted octanol–water partition coefficient (Wildman–Crippen LogP) is 4.02. The maximum Gasteiger partial charge on any atom is 0.280 e. The molecule has 0 saturated heterocycles. The molecule has 0 bridgehead atoms. The van der Waals surface area contributed by atoms with Crippen LogP contribution in [0.4, 0.5) is 11.4 Å². The molecule has 0 saturated carbocycles. The highest BCUT2D eigenvalue weighted by atomic mass is 35.5. The molecule has 1 aliphatic heterocycles. The Balaban J connectivity index is 2.02. The maximum absolute atomic E-state index is 11.4. The van der Waals surface area contributed by atoms with Crippen LogP contribution in [0.25, 0.3) is 17.1 Å². The van der Waals surface area contributed by atoms with E-state index >= 15 is 0 Å². The van der Waals surface area contributed by atoms with Crippen LogP contribution >= 0.6 is 11.6 Å². The summed E-state index contributed by atoms with van der Waals surface area (Å²) in [6.07, 6.45) is 0. The first-order valence-corrected chi connectivity index (χ1v) is 8.17. The van der Waals surface area contributed by atoms with E-state index in [1.54, 1.807) is 24.3 Å². The van der Waals surface area contributed by atoms with Crippen molar-refractivity contribution in [3.05, 3.63) is 63.4 Å². The molecule has 1 N–H and O–H groups in total. The Morgan fingerprint density at radius 1 is 1.28 bits per heavy atom. The van der Waals surface area contributed by atoms with Gasteiger partial charge in [-0.2, -0.15) is 0 Å². The standard InChI is InChI=1S/C17H14ClN5O2/c1-10-9-19-13-8-11(18)6-7-15(13)22-16(10)20-21-17(22)12-4-2-3-5-14(12)23(24)25/h2-8,10,19H,9H2,1H3/t10-/m0/s1. The smallest absolute Gasteiger partial charge is 0.280 e. The van der Waals surface area contributed by atoms with Gasteiger partial charge in [0, 0.05) is 23.6 Å². The summed E-state index contributed by atoms with van der Waals surface area (Å²) in [5.41, 5.74) is 2.10. The van der Waals surface area contributed by atoms with Gasteiger partial charge in [0.2, 0.25) is 0 Å². The van der Waals surface area contributed by atoms with Gasteiger partial charge in [0.15, 0.2) is 5.82 Å². The molecule has 126 valence electrons. The van der Waals surface area contributed by atoms with Crippen molar-refractivity contribution >= 4 is 23.0 Å². The number of nitrogens with zero attached hydrogens (tertiary/aromatic N) is 4. The van der Waals surface area contributed by atoms with E-state index in [0.29, 0.717) is 23.0 Å². The molecule has 4 rings (SSSR count). The number of halogens is 1. The van der Waals surface area contributed by atoms with Crippen molar-refractivity contribution in [3.8, 4) is 17.1 Å². The number of nitro benzene ring substituents is 1. The van der Waals surface area contributed by atoms with Gasteiger partial charge in [-0.15, -0.1) is 10.2 Å². The second-order valence-electron chi connectivity index (χ2n) is 5.93. The van der Waals surface area contributed by atoms with Crippen molar-refractivity contribution in [1.82, 2.24) is 14.8 Å². The molecule has 0 spiro atoms. The number of aromatic nitrogens is 3. The third-order valence-electron chi connectivity index (χ3n) is 4.27. The second kappa shape index (κ2) is 5.86. The molecule has 2 heterocycles. The van der Waals surface area contributed by atoms with E-state index in [1.165, 1.54) is 6.07 Å². The quantitative estimate of drug-likeness (QED) is 0.554. The number of nitro groups is 1. The van der Waals surface area contributed by atoms with Crippen LogP contribution in [0.2, 0.25) is 5.02 Å². The molecule has 3 aromatic rings.